The highest BCUT2D eigenvalue weighted by atomic mass is 32.1. The number of aromatic nitrogens is 1. The number of benzene rings is 2. The third-order valence-corrected chi connectivity index (χ3v) is 5.80. The van der Waals surface area contributed by atoms with Gasteiger partial charge in [0.25, 0.3) is 11.6 Å². The maximum Gasteiger partial charge on any atom is 0.270 e. The fourth-order valence-electron chi connectivity index (χ4n) is 3.07. The SMILES string of the molecule is COc1ccc(C)c2sc(N(Cc3ccco3)C(=O)c3cccc([N+](=O)[O-])c3)nc12. The standard InChI is InChI=1S/C21H17N3O5S/c1-13-8-9-17(28-2)18-19(13)30-21(22-18)23(12-16-7-4-10-29-16)20(25)14-5-3-6-15(11-14)24(26)27/h3-11H,12H2,1-2H3. The van der Waals surface area contributed by atoms with Crippen LogP contribution in [0, 0.1) is 17.0 Å². The van der Waals surface area contributed by atoms with Crippen molar-refractivity contribution in [2.24, 2.45) is 0 Å². The van der Waals surface area contributed by atoms with Crippen molar-refractivity contribution in [3.05, 3.63) is 81.8 Å². The number of anilines is 1. The molecule has 8 nitrogen and oxygen atoms in total. The topological polar surface area (TPSA) is 98.7 Å². The number of aryl methyl sites for hydroxylation is 1. The van der Waals surface area contributed by atoms with E-state index in [0.29, 0.717) is 22.2 Å². The lowest BCUT2D eigenvalue weighted by molar-refractivity contribution is -0.384. The zero-order valence-electron chi connectivity index (χ0n) is 16.2. The van der Waals surface area contributed by atoms with Crippen LogP contribution < -0.4 is 9.64 Å². The van der Waals surface area contributed by atoms with Crippen molar-refractivity contribution in [2.75, 3.05) is 12.0 Å². The van der Waals surface area contributed by atoms with Crippen molar-refractivity contribution in [3.8, 4) is 5.75 Å². The summed E-state index contributed by atoms with van der Waals surface area (Å²) in [6.45, 7) is 2.10. The highest BCUT2D eigenvalue weighted by Gasteiger charge is 2.25. The zero-order chi connectivity index (χ0) is 21.3. The van der Waals surface area contributed by atoms with Gasteiger partial charge in [0.05, 0.1) is 29.5 Å². The Morgan fingerprint density at radius 2 is 2.10 bits per heavy atom. The maximum absolute atomic E-state index is 13.4. The van der Waals surface area contributed by atoms with Gasteiger partial charge in [0.2, 0.25) is 0 Å². The number of nitro benzene ring substituents is 1. The van der Waals surface area contributed by atoms with Gasteiger partial charge in [0.15, 0.2) is 5.13 Å². The van der Waals surface area contributed by atoms with Crippen molar-refractivity contribution in [1.82, 2.24) is 4.98 Å². The van der Waals surface area contributed by atoms with Crippen LogP contribution in [0.25, 0.3) is 10.2 Å². The lowest BCUT2D eigenvalue weighted by atomic mass is 10.1. The normalized spacial score (nSPS) is 10.9. The molecule has 0 bridgehead atoms. The van der Waals surface area contributed by atoms with Crippen LogP contribution in [0.4, 0.5) is 10.8 Å². The molecule has 0 aliphatic carbocycles. The Labute approximate surface area is 175 Å². The summed E-state index contributed by atoms with van der Waals surface area (Å²) in [7, 11) is 1.57. The molecule has 0 aliphatic heterocycles. The number of carbonyl (C=O) groups excluding carboxylic acids is 1. The molecular formula is C21H17N3O5S. The average Bonchev–Trinajstić information content (AvgIpc) is 3.42. The van der Waals surface area contributed by atoms with Crippen LogP contribution in [-0.2, 0) is 6.54 Å². The van der Waals surface area contributed by atoms with Gasteiger partial charge in [-0.1, -0.05) is 23.5 Å². The molecule has 4 aromatic rings. The molecule has 0 saturated heterocycles. The molecule has 9 heteroatoms. The smallest absolute Gasteiger partial charge is 0.270 e. The van der Waals surface area contributed by atoms with E-state index in [2.05, 4.69) is 4.98 Å². The van der Waals surface area contributed by atoms with E-state index in [1.807, 2.05) is 19.1 Å². The molecule has 0 aliphatic rings. The number of nitro groups is 1. The molecule has 0 atom stereocenters. The maximum atomic E-state index is 13.4. The van der Waals surface area contributed by atoms with E-state index in [1.165, 1.54) is 40.7 Å². The third kappa shape index (κ3) is 3.62. The number of ether oxygens (including phenoxy) is 1. The number of nitrogens with zero attached hydrogens (tertiary/aromatic N) is 3. The quantitative estimate of drug-likeness (QED) is 0.321. The minimum atomic E-state index is -0.528. The van der Waals surface area contributed by atoms with Crippen molar-refractivity contribution >= 4 is 38.3 Å². The van der Waals surface area contributed by atoms with E-state index >= 15 is 0 Å². The van der Waals surface area contributed by atoms with Crippen LogP contribution >= 0.6 is 11.3 Å². The molecule has 1 amide bonds. The van der Waals surface area contributed by atoms with Crippen LogP contribution in [0.2, 0.25) is 0 Å². The highest BCUT2D eigenvalue weighted by Crippen LogP contribution is 2.37. The summed E-state index contributed by atoms with van der Waals surface area (Å²) in [6.07, 6.45) is 1.52. The molecule has 152 valence electrons. The van der Waals surface area contributed by atoms with E-state index in [-0.39, 0.29) is 17.8 Å². The van der Waals surface area contributed by atoms with Crippen molar-refractivity contribution < 1.29 is 18.9 Å². The number of rotatable bonds is 6. The monoisotopic (exact) mass is 423 g/mol. The first-order chi connectivity index (χ1) is 14.5. The van der Waals surface area contributed by atoms with E-state index in [1.54, 1.807) is 25.3 Å². The van der Waals surface area contributed by atoms with E-state index in [9.17, 15) is 14.9 Å². The Morgan fingerprint density at radius 3 is 2.80 bits per heavy atom. The van der Waals surface area contributed by atoms with E-state index in [0.717, 1.165) is 10.3 Å². The molecule has 0 saturated carbocycles. The number of non-ortho nitro benzene ring substituents is 1. The van der Waals surface area contributed by atoms with Gasteiger partial charge in [0.1, 0.15) is 17.0 Å². The second-order valence-electron chi connectivity index (χ2n) is 6.54. The largest absolute Gasteiger partial charge is 0.494 e. The molecular weight excluding hydrogens is 406 g/mol. The zero-order valence-corrected chi connectivity index (χ0v) is 17.0. The Morgan fingerprint density at radius 1 is 1.27 bits per heavy atom. The molecule has 4 rings (SSSR count). The van der Waals surface area contributed by atoms with Gasteiger partial charge in [-0.2, -0.15) is 0 Å². The molecule has 0 spiro atoms. The second kappa shape index (κ2) is 7.96. The van der Waals surface area contributed by atoms with Crippen LogP contribution in [0.1, 0.15) is 21.7 Å². The van der Waals surface area contributed by atoms with Gasteiger partial charge >= 0.3 is 0 Å². The first-order valence-electron chi connectivity index (χ1n) is 9.00. The van der Waals surface area contributed by atoms with Gasteiger partial charge in [-0.25, -0.2) is 4.98 Å². The molecule has 0 radical (unpaired) electrons. The predicted molar refractivity (Wildman–Crippen MR) is 113 cm³/mol. The number of carbonyl (C=O) groups is 1. The first-order valence-corrected chi connectivity index (χ1v) is 9.82. The lowest BCUT2D eigenvalue weighted by Crippen LogP contribution is -2.30. The lowest BCUT2D eigenvalue weighted by Gasteiger charge is -2.18. The summed E-state index contributed by atoms with van der Waals surface area (Å²) in [4.78, 5) is 30.1. The number of amides is 1. The molecule has 0 N–H and O–H groups in total. The average molecular weight is 423 g/mol. The first kappa shape index (κ1) is 19.6. The van der Waals surface area contributed by atoms with E-state index < -0.39 is 10.8 Å². The summed E-state index contributed by atoms with van der Waals surface area (Å²) < 4.78 is 11.7. The Balaban J connectivity index is 1.82. The van der Waals surface area contributed by atoms with E-state index in [4.69, 9.17) is 9.15 Å². The van der Waals surface area contributed by atoms with Crippen LogP contribution in [0.15, 0.2) is 59.2 Å². The van der Waals surface area contributed by atoms with Crippen molar-refractivity contribution in [3.63, 3.8) is 0 Å². The van der Waals surface area contributed by atoms with Gasteiger partial charge in [0, 0.05) is 17.7 Å². The second-order valence-corrected chi connectivity index (χ2v) is 7.51. The summed E-state index contributed by atoms with van der Waals surface area (Å²) in [5.41, 5.74) is 1.71. The molecule has 0 fully saturated rings. The number of fused-ring (bicyclic) bond motifs is 1. The van der Waals surface area contributed by atoms with Crippen LogP contribution in [0.5, 0.6) is 5.75 Å². The fourth-order valence-corrected chi connectivity index (χ4v) is 4.12. The number of hydrogen-bond donors (Lipinski definition) is 0. The van der Waals surface area contributed by atoms with Crippen molar-refractivity contribution in [1.29, 1.82) is 0 Å². The predicted octanol–water partition coefficient (Wildman–Crippen LogP) is 4.96. The summed E-state index contributed by atoms with van der Waals surface area (Å²) in [5.74, 6) is 0.765. The Hall–Kier alpha value is -3.72. The molecule has 2 aromatic carbocycles. The number of thiazole rings is 1. The summed E-state index contributed by atoms with van der Waals surface area (Å²) in [5, 5.41) is 11.6. The highest BCUT2D eigenvalue weighted by molar-refractivity contribution is 7.22. The summed E-state index contributed by atoms with van der Waals surface area (Å²) in [6, 6.07) is 12.9. The molecule has 2 heterocycles. The van der Waals surface area contributed by atoms with Gasteiger partial charge in [-0.15, -0.1) is 0 Å². The minimum Gasteiger partial charge on any atom is -0.494 e. The minimum absolute atomic E-state index is 0.135. The van der Waals surface area contributed by atoms with Crippen LogP contribution in [-0.4, -0.2) is 22.9 Å². The molecule has 0 unspecified atom stereocenters. The summed E-state index contributed by atoms with van der Waals surface area (Å²) >= 11 is 1.36. The molecule has 30 heavy (non-hydrogen) atoms. The van der Waals surface area contributed by atoms with Gasteiger partial charge < -0.3 is 9.15 Å². The van der Waals surface area contributed by atoms with Crippen LogP contribution in [0.3, 0.4) is 0 Å². The van der Waals surface area contributed by atoms with Crippen molar-refractivity contribution in [2.45, 2.75) is 13.5 Å². The molecule has 2 aromatic heterocycles. The third-order valence-electron chi connectivity index (χ3n) is 4.59. The van der Waals surface area contributed by atoms with Gasteiger partial charge in [-0.05, 0) is 36.8 Å². The number of hydrogen-bond acceptors (Lipinski definition) is 7. The Bertz CT molecular complexity index is 1230. The number of methoxy groups -OCH3 is 1. The number of furan rings is 1. The van der Waals surface area contributed by atoms with Gasteiger partial charge in [-0.3, -0.25) is 19.8 Å². The Kier molecular flexibility index (Phi) is 5.20. The fraction of sp³-hybridized carbons (Fsp3) is 0.143.